The summed E-state index contributed by atoms with van der Waals surface area (Å²) >= 11 is 6.19. The molecule has 30 heavy (non-hydrogen) atoms. The summed E-state index contributed by atoms with van der Waals surface area (Å²) in [6, 6.07) is 21.6. The van der Waals surface area contributed by atoms with Crippen LogP contribution < -0.4 is 9.84 Å². The summed E-state index contributed by atoms with van der Waals surface area (Å²) in [6.45, 7) is -0.181. The van der Waals surface area contributed by atoms with E-state index in [1.165, 1.54) is 0 Å². The molecule has 5 nitrogen and oxygen atoms in total. The summed E-state index contributed by atoms with van der Waals surface area (Å²) in [5.74, 6) is -1.18. The Hall–Kier alpha value is -3.16. The lowest BCUT2D eigenvalue weighted by Crippen LogP contribution is -2.40. The SMILES string of the molecule is O=C([O-])CN1C(=O)/C(=C/c2ccccc2OCc2cccc3ccccc23)SC1=S. The molecule has 1 saturated heterocycles. The highest BCUT2D eigenvalue weighted by molar-refractivity contribution is 8.26. The molecule has 0 N–H and O–H groups in total. The van der Waals surface area contributed by atoms with Crippen LogP contribution in [0.15, 0.2) is 71.6 Å². The monoisotopic (exact) mass is 434 g/mol. The van der Waals surface area contributed by atoms with Crippen LogP contribution in [0.3, 0.4) is 0 Å². The minimum atomic E-state index is -1.36. The molecule has 7 heteroatoms. The van der Waals surface area contributed by atoms with E-state index in [0.717, 1.165) is 33.0 Å². The highest BCUT2D eigenvalue weighted by Gasteiger charge is 2.32. The Labute approximate surface area is 183 Å². The maximum Gasteiger partial charge on any atom is 0.266 e. The van der Waals surface area contributed by atoms with Gasteiger partial charge in [-0.15, -0.1) is 0 Å². The number of rotatable bonds is 6. The van der Waals surface area contributed by atoms with Gasteiger partial charge in [-0.2, -0.15) is 0 Å². The van der Waals surface area contributed by atoms with Crippen molar-refractivity contribution in [1.29, 1.82) is 0 Å². The summed E-state index contributed by atoms with van der Waals surface area (Å²) in [7, 11) is 0. The van der Waals surface area contributed by atoms with E-state index in [9.17, 15) is 14.7 Å². The molecule has 0 atom stereocenters. The predicted octanol–water partition coefficient (Wildman–Crippen LogP) is 3.37. The van der Waals surface area contributed by atoms with Gasteiger partial charge in [-0.3, -0.25) is 9.69 Å². The van der Waals surface area contributed by atoms with Crippen molar-refractivity contribution in [3.8, 4) is 5.75 Å². The third kappa shape index (κ3) is 4.22. The molecule has 0 spiro atoms. The van der Waals surface area contributed by atoms with Crippen LogP contribution in [0.4, 0.5) is 0 Å². The Kier molecular flexibility index (Phi) is 5.83. The van der Waals surface area contributed by atoms with Crippen LogP contribution in [0.5, 0.6) is 5.75 Å². The lowest BCUT2D eigenvalue weighted by Gasteiger charge is -2.14. The third-order valence-electron chi connectivity index (χ3n) is 4.63. The zero-order valence-corrected chi connectivity index (χ0v) is 17.4. The molecule has 0 aliphatic carbocycles. The van der Waals surface area contributed by atoms with Gasteiger partial charge in [0.25, 0.3) is 5.91 Å². The minimum Gasteiger partial charge on any atom is -0.548 e. The topological polar surface area (TPSA) is 69.7 Å². The normalized spacial score (nSPS) is 15.2. The van der Waals surface area contributed by atoms with Crippen LogP contribution in [-0.4, -0.2) is 27.6 Å². The number of carbonyl (C=O) groups is 2. The van der Waals surface area contributed by atoms with E-state index < -0.39 is 18.4 Å². The van der Waals surface area contributed by atoms with Crippen molar-refractivity contribution in [3.63, 3.8) is 0 Å². The first-order chi connectivity index (χ1) is 14.5. The number of thiocarbonyl (C=S) groups is 1. The molecule has 1 aliphatic heterocycles. The van der Waals surface area contributed by atoms with Gasteiger partial charge in [0.2, 0.25) is 0 Å². The number of carboxylic acids is 1. The molecular formula is C23H16NO4S2-. The summed E-state index contributed by atoms with van der Waals surface area (Å²) in [6.07, 6.45) is 1.67. The van der Waals surface area contributed by atoms with Crippen molar-refractivity contribution in [2.24, 2.45) is 0 Å². The Bertz CT molecular complexity index is 1180. The van der Waals surface area contributed by atoms with Gasteiger partial charge in [0.15, 0.2) is 0 Å². The largest absolute Gasteiger partial charge is 0.548 e. The van der Waals surface area contributed by atoms with Crippen molar-refractivity contribution in [2.45, 2.75) is 6.61 Å². The predicted molar refractivity (Wildman–Crippen MR) is 120 cm³/mol. The fourth-order valence-corrected chi connectivity index (χ4v) is 4.46. The second kappa shape index (κ2) is 8.69. The van der Waals surface area contributed by atoms with Gasteiger partial charge < -0.3 is 14.6 Å². The van der Waals surface area contributed by atoms with Gasteiger partial charge in [-0.1, -0.05) is 84.6 Å². The lowest BCUT2D eigenvalue weighted by atomic mass is 10.1. The Balaban J connectivity index is 1.57. The molecule has 1 amide bonds. The standard InChI is InChI=1S/C23H17NO4S2/c25-21(26)13-24-22(27)20(30-23(24)29)12-16-7-2-4-11-19(16)28-14-17-9-5-8-15-6-1-3-10-18(15)17/h1-12H,13-14H2,(H,25,26)/p-1/b20-12-. The number of hydrogen-bond donors (Lipinski definition) is 0. The molecule has 0 unspecified atom stereocenters. The number of nitrogens with zero attached hydrogens (tertiary/aromatic N) is 1. The van der Waals surface area contributed by atoms with Crippen molar-refractivity contribution in [3.05, 3.63) is 82.8 Å². The van der Waals surface area contributed by atoms with Crippen LogP contribution in [0, 0.1) is 0 Å². The van der Waals surface area contributed by atoms with Gasteiger partial charge >= 0.3 is 0 Å². The fourth-order valence-electron chi connectivity index (χ4n) is 3.21. The first-order valence-electron chi connectivity index (χ1n) is 9.16. The molecule has 1 aliphatic rings. The average molecular weight is 435 g/mol. The highest BCUT2D eigenvalue weighted by atomic mass is 32.2. The molecule has 0 aromatic heterocycles. The molecular weight excluding hydrogens is 418 g/mol. The third-order valence-corrected chi connectivity index (χ3v) is 6.01. The maximum atomic E-state index is 12.5. The van der Waals surface area contributed by atoms with Crippen molar-refractivity contribution in [1.82, 2.24) is 4.90 Å². The summed E-state index contributed by atoms with van der Waals surface area (Å²) in [5.41, 5.74) is 1.77. The molecule has 0 bridgehead atoms. The van der Waals surface area contributed by atoms with Crippen LogP contribution in [-0.2, 0) is 16.2 Å². The molecule has 3 aromatic carbocycles. The van der Waals surface area contributed by atoms with Gasteiger partial charge in [0, 0.05) is 5.56 Å². The number of fused-ring (bicyclic) bond motifs is 1. The number of aliphatic carboxylic acids is 1. The van der Waals surface area contributed by atoms with Gasteiger partial charge in [0.05, 0.1) is 17.4 Å². The average Bonchev–Trinajstić information content (AvgIpc) is 3.00. The van der Waals surface area contributed by atoms with Gasteiger partial charge in [-0.05, 0) is 28.5 Å². The molecule has 4 rings (SSSR count). The lowest BCUT2D eigenvalue weighted by molar-refractivity contribution is -0.305. The highest BCUT2D eigenvalue weighted by Crippen LogP contribution is 2.34. The van der Waals surface area contributed by atoms with Crippen molar-refractivity contribution in [2.75, 3.05) is 6.54 Å². The Morgan fingerprint density at radius 2 is 1.80 bits per heavy atom. The van der Waals surface area contributed by atoms with Crippen molar-refractivity contribution >= 4 is 57.0 Å². The molecule has 0 saturated carbocycles. The summed E-state index contributed by atoms with van der Waals surface area (Å²) in [5, 5.41) is 13.1. The van der Waals surface area contributed by atoms with Crippen LogP contribution in [0.1, 0.15) is 11.1 Å². The quantitative estimate of drug-likeness (QED) is 0.438. The van der Waals surface area contributed by atoms with E-state index in [0.29, 0.717) is 22.8 Å². The minimum absolute atomic E-state index is 0.199. The number of amides is 1. The second-order valence-electron chi connectivity index (χ2n) is 6.60. The van der Waals surface area contributed by atoms with Gasteiger partial charge in [0.1, 0.15) is 16.7 Å². The number of para-hydroxylation sites is 1. The second-order valence-corrected chi connectivity index (χ2v) is 8.28. The number of thioether (sulfide) groups is 1. The number of benzene rings is 3. The number of carbonyl (C=O) groups excluding carboxylic acids is 2. The van der Waals surface area contributed by atoms with E-state index >= 15 is 0 Å². The zero-order chi connectivity index (χ0) is 21.1. The van der Waals surface area contributed by atoms with Crippen molar-refractivity contribution < 1.29 is 19.4 Å². The Morgan fingerprint density at radius 3 is 2.63 bits per heavy atom. The molecule has 3 aromatic rings. The summed E-state index contributed by atoms with van der Waals surface area (Å²) < 4.78 is 6.28. The van der Waals surface area contributed by atoms with Crippen LogP contribution in [0.25, 0.3) is 16.8 Å². The first kappa shape index (κ1) is 20.1. The van der Waals surface area contributed by atoms with Crippen LogP contribution in [0.2, 0.25) is 0 Å². The smallest absolute Gasteiger partial charge is 0.266 e. The molecule has 150 valence electrons. The van der Waals surface area contributed by atoms with E-state index in [4.69, 9.17) is 17.0 Å². The van der Waals surface area contributed by atoms with E-state index in [-0.39, 0.29) is 4.32 Å². The summed E-state index contributed by atoms with van der Waals surface area (Å²) in [4.78, 5) is 24.8. The molecule has 0 radical (unpaired) electrons. The van der Waals surface area contributed by atoms with Crippen LogP contribution >= 0.6 is 24.0 Å². The number of ether oxygens (including phenoxy) is 1. The zero-order valence-electron chi connectivity index (χ0n) is 15.7. The fraction of sp³-hybridized carbons (Fsp3) is 0.0870. The number of hydrogen-bond acceptors (Lipinski definition) is 6. The Morgan fingerprint density at radius 1 is 1.07 bits per heavy atom. The van der Waals surface area contributed by atoms with E-state index in [1.807, 2.05) is 48.5 Å². The molecule has 1 fully saturated rings. The van der Waals surface area contributed by atoms with Gasteiger partial charge in [-0.25, -0.2) is 0 Å². The molecule has 1 heterocycles. The maximum absolute atomic E-state index is 12.5. The van der Waals surface area contributed by atoms with E-state index in [2.05, 4.69) is 18.2 Å². The first-order valence-corrected chi connectivity index (χ1v) is 10.4. The number of carboxylic acid groups (broad SMARTS) is 1. The van der Waals surface area contributed by atoms with E-state index in [1.54, 1.807) is 6.08 Å².